The largest absolute Gasteiger partial charge is 0.411 e. The Morgan fingerprint density at radius 2 is 1.88 bits per heavy atom. The van der Waals surface area contributed by atoms with Gasteiger partial charge in [-0.1, -0.05) is 48.2 Å². The number of nitrogens with one attached hydrogen (secondary N) is 1. The minimum atomic E-state index is -3.64. The van der Waals surface area contributed by atoms with E-state index in [1.807, 2.05) is 37.3 Å². The average Bonchev–Trinajstić information content (AvgIpc) is 3.33. The second-order valence-corrected chi connectivity index (χ2v) is 10.3. The maximum Gasteiger partial charge on any atom is 0.277 e. The fourth-order valence-electron chi connectivity index (χ4n) is 3.35. The normalized spacial score (nSPS) is 15.8. The highest BCUT2D eigenvalue weighted by Crippen LogP contribution is 2.26. The van der Waals surface area contributed by atoms with Gasteiger partial charge in [0.25, 0.3) is 5.22 Å². The van der Waals surface area contributed by atoms with Crippen molar-refractivity contribution in [1.29, 1.82) is 0 Å². The molecule has 1 N–H and O–H groups in total. The molecule has 1 amide bonds. The number of carbonyl (C=O) groups is 1. The van der Waals surface area contributed by atoms with Crippen molar-refractivity contribution in [2.24, 2.45) is 0 Å². The van der Waals surface area contributed by atoms with Crippen LogP contribution in [0.1, 0.15) is 18.5 Å². The molecule has 1 aliphatic rings. The number of rotatable bonds is 8. The molecule has 0 saturated carbocycles. The number of aromatic nitrogens is 2. The van der Waals surface area contributed by atoms with Crippen LogP contribution in [0.15, 0.2) is 69.1 Å². The quantitative estimate of drug-likeness (QED) is 0.482. The molecule has 1 atom stereocenters. The summed E-state index contributed by atoms with van der Waals surface area (Å²) >= 11 is 1.12. The molecule has 1 aromatic heterocycles. The second-order valence-electron chi connectivity index (χ2n) is 7.41. The maximum absolute atomic E-state index is 12.9. The predicted octanol–water partition coefficient (Wildman–Crippen LogP) is 2.73. The Morgan fingerprint density at radius 3 is 2.64 bits per heavy atom. The molecule has 174 valence electrons. The van der Waals surface area contributed by atoms with Crippen LogP contribution in [0.25, 0.3) is 11.5 Å². The standard InChI is InChI=1S/C22H24N4O5S2/c1-16(17-6-3-2-4-7-17)23-20(27)15-32-22-25-24-21(31-22)18-8-5-9-19(14-18)33(28,29)26-10-12-30-13-11-26/h2-9,14,16H,10-13,15H2,1H3,(H,23,27). The molecule has 0 aliphatic carbocycles. The van der Waals surface area contributed by atoms with E-state index in [-0.39, 0.29) is 33.7 Å². The van der Waals surface area contributed by atoms with Crippen molar-refractivity contribution in [3.05, 3.63) is 60.2 Å². The zero-order chi connectivity index (χ0) is 23.3. The van der Waals surface area contributed by atoms with Gasteiger partial charge in [-0.25, -0.2) is 8.42 Å². The van der Waals surface area contributed by atoms with Gasteiger partial charge in [-0.3, -0.25) is 4.79 Å². The topological polar surface area (TPSA) is 115 Å². The Morgan fingerprint density at radius 1 is 1.12 bits per heavy atom. The molecule has 0 spiro atoms. The molecular formula is C22H24N4O5S2. The van der Waals surface area contributed by atoms with E-state index in [0.29, 0.717) is 31.9 Å². The summed E-state index contributed by atoms with van der Waals surface area (Å²) in [4.78, 5) is 12.4. The first-order valence-corrected chi connectivity index (χ1v) is 12.8. The van der Waals surface area contributed by atoms with Crippen LogP contribution in [0.2, 0.25) is 0 Å². The van der Waals surface area contributed by atoms with Crippen LogP contribution in [0, 0.1) is 0 Å². The molecule has 33 heavy (non-hydrogen) atoms. The molecule has 1 aliphatic heterocycles. The number of morpholine rings is 1. The van der Waals surface area contributed by atoms with Crippen LogP contribution in [0.3, 0.4) is 0 Å². The molecule has 0 radical (unpaired) electrons. The van der Waals surface area contributed by atoms with Crippen molar-refractivity contribution in [1.82, 2.24) is 19.8 Å². The van der Waals surface area contributed by atoms with Crippen LogP contribution in [-0.4, -0.2) is 60.9 Å². The monoisotopic (exact) mass is 488 g/mol. The molecule has 0 bridgehead atoms. The molecule has 4 rings (SSSR count). The van der Waals surface area contributed by atoms with Crippen LogP contribution in [0.5, 0.6) is 0 Å². The van der Waals surface area contributed by atoms with Crippen LogP contribution in [0.4, 0.5) is 0 Å². The number of amides is 1. The highest BCUT2D eigenvalue weighted by molar-refractivity contribution is 7.99. The highest BCUT2D eigenvalue weighted by atomic mass is 32.2. The van der Waals surface area contributed by atoms with Gasteiger partial charge in [-0.15, -0.1) is 10.2 Å². The van der Waals surface area contributed by atoms with Crippen LogP contribution < -0.4 is 5.32 Å². The number of carbonyl (C=O) groups excluding carboxylic acids is 1. The third-order valence-electron chi connectivity index (χ3n) is 5.10. The van der Waals surface area contributed by atoms with E-state index in [2.05, 4.69) is 15.5 Å². The summed E-state index contributed by atoms with van der Waals surface area (Å²) < 4.78 is 38.1. The third-order valence-corrected chi connectivity index (χ3v) is 7.81. The summed E-state index contributed by atoms with van der Waals surface area (Å²) in [5, 5.41) is 11.1. The van der Waals surface area contributed by atoms with E-state index in [4.69, 9.17) is 9.15 Å². The molecule has 3 aromatic rings. The second kappa shape index (κ2) is 10.5. The Kier molecular flexibility index (Phi) is 7.43. The van der Waals surface area contributed by atoms with Gasteiger partial charge in [0.1, 0.15) is 0 Å². The van der Waals surface area contributed by atoms with E-state index in [0.717, 1.165) is 17.3 Å². The number of hydrogen-bond acceptors (Lipinski definition) is 8. The molecule has 1 unspecified atom stereocenters. The van der Waals surface area contributed by atoms with Gasteiger partial charge >= 0.3 is 0 Å². The van der Waals surface area contributed by atoms with Gasteiger partial charge in [0.15, 0.2) is 0 Å². The first kappa shape index (κ1) is 23.4. The van der Waals surface area contributed by atoms with E-state index < -0.39 is 10.0 Å². The van der Waals surface area contributed by atoms with E-state index in [9.17, 15) is 13.2 Å². The van der Waals surface area contributed by atoms with Gasteiger partial charge in [-0.05, 0) is 30.7 Å². The minimum Gasteiger partial charge on any atom is -0.411 e. The number of sulfonamides is 1. The molecular weight excluding hydrogens is 464 g/mol. The smallest absolute Gasteiger partial charge is 0.277 e. The zero-order valence-electron chi connectivity index (χ0n) is 18.0. The van der Waals surface area contributed by atoms with E-state index in [1.54, 1.807) is 18.2 Å². The van der Waals surface area contributed by atoms with Crippen molar-refractivity contribution in [2.45, 2.75) is 23.1 Å². The number of benzene rings is 2. The molecule has 11 heteroatoms. The molecule has 9 nitrogen and oxygen atoms in total. The minimum absolute atomic E-state index is 0.115. The lowest BCUT2D eigenvalue weighted by molar-refractivity contribution is -0.119. The number of ether oxygens (including phenoxy) is 1. The van der Waals surface area contributed by atoms with Gasteiger partial charge in [0.05, 0.1) is 29.9 Å². The molecule has 2 aromatic carbocycles. The summed E-state index contributed by atoms with van der Waals surface area (Å²) in [5.41, 5.74) is 1.51. The summed E-state index contributed by atoms with van der Waals surface area (Å²) in [6.07, 6.45) is 0. The Labute approximate surface area is 196 Å². The van der Waals surface area contributed by atoms with Gasteiger partial charge in [0.2, 0.25) is 21.8 Å². The van der Waals surface area contributed by atoms with Crippen molar-refractivity contribution < 1.29 is 22.4 Å². The maximum atomic E-state index is 12.9. The van der Waals surface area contributed by atoms with Crippen molar-refractivity contribution in [3.63, 3.8) is 0 Å². The van der Waals surface area contributed by atoms with Crippen LogP contribution in [-0.2, 0) is 19.6 Å². The third kappa shape index (κ3) is 5.80. The summed E-state index contributed by atoms with van der Waals surface area (Å²) in [6, 6.07) is 16.0. The van der Waals surface area contributed by atoms with Gasteiger partial charge < -0.3 is 14.5 Å². The lowest BCUT2D eigenvalue weighted by Crippen LogP contribution is -2.40. The van der Waals surface area contributed by atoms with E-state index >= 15 is 0 Å². The fourth-order valence-corrected chi connectivity index (χ4v) is 5.37. The number of thioether (sulfide) groups is 1. The molecule has 2 heterocycles. The Balaban J connectivity index is 1.38. The fraction of sp³-hybridized carbons (Fsp3) is 0.318. The average molecular weight is 489 g/mol. The summed E-state index contributed by atoms with van der Waals surface area (Å²) in [5.74, 6) is 0.147. The first-order chi connectivity index (χ1) is 15.9. The first-order valence-electron chi connectivity index (χ1n) is 10.4. The highest BCUT2D eigenvalue weighted by Gasteiger charge is 2.27. The van der Waals surface area contributed by atoms with Crippen molar-refractivity contribution >= 4 is 27.7 Å². The van der Waals surface area contributed by atoms with Gasteiger partial charge in [0, 0.05) is 18.7 Å². The summed E-state index contributed by atoms with van der Waals surface area (Å²) in [7, 11) is -3.64. The molecule has 1 saturated heterocycles. The summed E-state index contributed by atoms with van der Waals surface area (Å²) in [6.45, 7) is 3.31. The van der Waals surface area contributed by atoms with Crippen molar-refractivity contribution in [2.75, 3.05) is 32.1 Å². The number of hydrogen-bond donors (Lipinski definition) is 1. The lowest BCUT2D eigenvalue weighted by atomic mass is 10.1. The van der Waals surface area contributed by atoms with Gasteiger partial charge in [-0.2, -0.15) is 4.31 Å². The molecule has 1 fully saturated rings. The Bertz CT molecular complexity index is 1190. The predicted molar refractivity (Wildman–Crippen MR) is 123 cm³/mol. The van der Waals surface area contributed by atoms with E-state index in [1.165, 1.54) is 10.4 Å². The van der Waals surface area contributed by atoms with Crippen molar-refractivity contribution in [3.8, 4) is 11.5 Å². The Hall–Kier alpha value is -2.73. The SMILES string of the molecule is CC(NC(=O)CSc1nnc(-c2cccc(S(=O)(=O)N3CCOCC3)c2)o1)c1ccccc1. The lowest BCUT2D eigenvalue weighted by Gasteiger charge is -2.26. The zero-order valence-corrected chi connectivity index (χ0v) is 19.6. The number of nitrogens with zero attached hydrogens (tertiary/aromatic N) is 3. The van der Waals surface area contributed by atoms with Crippen LogP contribution >= 0.6 is 11.8 Å².